The Morgan fingerprint density at radius 1 is 1.38 bits per heavy atom. The van der Waals surface area contributed by atoms with E-state index in [9.17, 15) is 18.7 Å². The van der Waals surface area contributed by atoms with Crippen molar-refractivity contribution < 1.29 is 23.8 Å². The number of carbonyl (C=O) groups is 1. The van der Waals surface area contributed by atoms with Crippen LogP contribution in [0.15, 0.2) is 18.2 Å². The molecule has 118 valence electrons. The van der Waals surface area contributed by atoms with Crippen LogP contribution in [0.5, 0.6) is 0 Å². The van der Waals surface area contributed by atoms with Gasteiger partial charge in [-0.25, -0.2) is 18.6 Å². The Balaban J connectivity index is 2.60. The number of likely N-dealkylation sites (N-methyl/N-ethyl adjacent to an activating group) is 1. The van der Waals surface area contributed by atoms with Crippen LogP contribution >= 0.6 is 0 Å². The Morgan fingerprint density at radius 2 is 1.95 bits per heavy atom. The third kappa shape index (κ3) is 6.03. The van der Waals surface area contributed by atoms with E-state index in [1.165, 1.54) is 5.01 Å². The van der Waals surface area contributed by atoms with Gasteiger partial charge in [-0.1, -0.05) is 6.92 Å². The molecule has 0 saturated carbocycles. The molecule has 1 rings (SSSR count). The predicted molar refractivity (Wildman–Crippen MR) is 72.5 cm³/mol. The van der Waals surface area contributed by atoms with Gasteiger partial charge in [0.25, 0.3) is 0 Å². The minimum atomic E-state index is -1.25. The number of rotatable bonds is 7. The largest absolute Gasteiger partial charge is 0.464 e. The average molecular weight is 303 g/mol. The van der Waals surface area contributed by atoms with Crippen LogP contribution in [0.3, 0.4) is 0 Å². The van der Waals surface area contributed by atoms with E-state index >= 15 is 0 Å². The molecule has 0 spiro atoms. The van der Waals surface area contributed by atoms with E-state index in [1.807, 2.05) is 0 Å². The van der Waals surface area contributed by atoms with Crippen molar-refractivity contribution in [2.45, 2.75) is 25.5 Å². The first-order valence-corrected chi connectivity index (χ1v) is 6.45. The molecule has 0 bridgehead atoms. The zero-order valence-corrected chi connectivity index (χ0v) is 11.6. The number of aliphatic hydroxyl groups excluding tert-OH is 1. The van der Waals surface area contributed by atoms with E-state index in [2.05, 4.69) is 5.43 Å². The second-order valence-electron chi connectivity index (χ2n) is 4.67. The number of aliphatic hydroxyl groups is 1. The summed E-state index contributed by atoms with van der Waals surface area (Å²) in [6.07, 6.45) is -2.23. The van der Waals surface area contributed by atoms with Gasteiger partial charge in [-0.15, -0.1) is 0 Å². The van der Waals surface area contributed by atoms with Crippen LogP contribution in [0.1, 0.15) is 12.5 Å². The van der Waals surface area contributed by atoms with E-state index in [1.54, 1.807) is 6.92 Å². The number of nitrogens with one attached hydrogen (secondary N) is 1. The minimum absolute atomic E-state index is 0.0260. The molecule has 2 unspecified atom stereocenters. The smallest absolute Gasteiger partial charge is 0.419 e. The fourth-order valence-corrected chi connectivity index (χ4v) is 1.89. The summed E-state index contributed by atoms with van der Waals surface area (Å²) in [4.78, 5) is 10.5. The first-order valence-electron chi connectivity index (χ1n) is 6.45. The van der Waals surface area contributed by atoms with Crippen molar-refractivity contribution in [2.75, 3.05) is 13.1 Å². The Hall–Kier alpha value is -1.77. The Morgan fingerprint density at radius 3 is 2.43 bits per heavy atom. The van der Waals surface area contributed by atoms with Crippen molar-refractivity contribution in [2.24, 2.45) is 5.73 Å². The fraction of sp³-hybridized carbons (Fsp3) is 0.462. The van der Waals surface area contributed by atoms with Crippen molar-refractivity contribution in [1.29, 1.82) is 0 Å². The quantitative estimate of drug-likeness (QED) is 0.556. The second kappa shape index (κ2) is 7.87. The van der Waals surface area contributed by atoms with Crippen LogP contribution in [0.25, 0.3) is 0 Å². The highest BCUT2D eigenvalue weighted by Gasteiger charge is 2.19. The van der Waals surface area contributed by atoms with Crippen LogP contribution in [-0.2, 0) is 6.42 Å². The predicted octanol–water partition coefficient (Wildman–Crippen LogP) is 0.700. The molecule has 1 aromatic carbocycles. The first kappa shape index (κ1) is 17.3. The summed E-state index contributed by atoms with van der Waals surface area (Å²) in [6.45, 7) is 2.02. The van der Waals surface area contributed by atoms with Crippen molar-refractivity contribution in [1.82, 2.24) is 10.4 Å². The average Bonchev–Trinajstić information content (AvgIpc) is 2.35. The summed E-state index contributed by atoms with van der Waals surface area (Å²) >= 11 is 0. The van der Waals surface area contributed by atoms with E-state index in [-0.39, 0.29) is 13.0 Å². The summed E-state index contributed by atoms with van der Waals surface area (Å²) in [5.41, 5.74) is 8.23. The molecule has 5 N–H and O–H groups in total. The van der Waals surface area contributed by atoms with Crippen molar-refractivity contribution in [3.63, 3.8) is 0 Å². The maximum atomic E-state index is 13.1. The van der Waals surface area contributed by atoms with Gasteiger partial charge in [-0.05, 0) is 24.1 Å². The maximum Gasteiger partial charge on any atom is 0.419 e. The van der Waals surface area contributed by atoms with Gasteiger partial charge in [0, 0.05) is 25.2 Å². The van der Waals surface area contributed by atoms with Crippen LogP contribution in [0.4, 0.5) is 13.6 Å². The lowest BCUT2D eigenvalue weighted by Gasteiger charge is -2.26. The molecule has 0 aliphatic rings. The standard InChI is InChI=1S/C13H19F2N3O3/c1-2-18(17-13(20)21)7-12(19)11(16)5-8-3-9(14)6-10(15)4-8/h3-4,6,11-12,17,19H,2,5,7,16H2,1H3,(H,20,21). The monoisotopic (exact) mass is 303 g/mol. The van der Waals surface area contributed by atoms with Crippen LogP contribution < -0.4 is 11.2 Å². The molecule has 0 heterocycles. The van der Waals surface area contributed by atoms with Crippen molar-refractivity contribution >= 4 is 6.09 Å². The number of hydrogen-bond acceptors (Lipinski definition) is 4. The molecule has 8 heteroatoms. The molecule has 0 aliphatic heterocycles. The van der Waals surface area contributed by atoms with Crippen molar-refractivity contribution in [3.8, 4) is 0 Å². The summed E-state index contributed by atoms with van der Waals surface area (Å²) in [7, 11) is 0. The highest BCUT2D eigenvalue weighted by Crippen LogP contribution is 2.11. The number of nitrogens with zero attached hydrogens (tertiary/aromatic N) is 1. The number of carboxylic acid groups (broad SMARTS) is 1. The lowest BCUT2D eigenvalue weighted by molar-refractivity contribution is 0.0665. The zero-order chi connectivity index (χ0) is 16.0. The summed E-state index contributed by atoms with van der Waals surface area (Å²) < 4.78 is 26.1. The summed E-state index contributed by atoms with van der Waals surface area (Å²) in [6, 6.07) is 2.25. The molecule has 0 fully saturated rings. The van der Waals surface area contributed by atoms with Gasteiger partial charge in [0.1, 0.15) is 11.6 Å². The van der Waals surface area contributed by atoms with Gasteiger partial charge in [0.05, 0.1) is 6.10 Å². The molecule has 0 aliphatic carbocycles. The van der Waals surface area contributed by atoms with E-state index in [0.717, 1.165) is 18.2 Å². The fourth-order valence-electron chi connectivity index (χ4n) is 1.89. The van der Waals surface area contributed by atoms with E-state index in [4.69, 9.17) is 10.8 Å². The van der Waals surface area contributed by atoms with E-state index < -0.39 is 29.9 Å². The number of halogens is 2. The molecule has 21 heavy (non-hydrogen) atoms. The number of amides is 1. The van der Waals surface area contributed by atoms with Crippen LogP contribution in [0.2, 0.25) is 0 Å². The zero-order valence-electron chi connectivity index (χ0n) is 11.6. The Bertz CT molecular complexity index is 467. The minimum Gasteiger partial charge on any atom is -0.464 e. The summed E-state index contributed by atoms with van der Waals surface area (Å²) in [5, 5.41) is 19.8. The Kier molecular flexibility index (Phi) is 6.47. The third-order valence-corrected chi connectivity index (χ3v) is 2.93. The molecule has 1 amide bonds. The third-order valence-electron chi connectivity index (χ3n) is 2.93. The number of hydrogen-bond donors (Lipinski definition) is 4. The maximum absolute atomic E-state index is 13.1. The SMILES string of the molecule is CCN(CC(O)C(N)Cc1cc(F)cc(F)c1)NC(=O)O. The van der Waals surface area contributed by atoms with Crippen LogP contribution in [0, 0.1) is 11.6 Å². The van der Waals surface area contributed by atoms with Gasteiger partial charge < -0.3 is 15.9 Å². The number of hydrazine groups is 1. The second-order valence-corrected chi connectivity index (χ2v) is 4.67. The number of nitrogens with two attached hydrogens (primary N) is 1. The van der Waals surface area contributed by atoms with Gasteiger partial charge in [0.2, 0.25) is 0 Å². The lowest BCUT2D eigenvalue weighted by Crippen LogP contribution is -2.50. The normalized spacial score (nSPS) is 14.0. The molecule has 6 nitrogen and oxygen atoms in total. The molecular formula is C13H19F2N3O3. The highest BCUT2D eigenvalue weighted by atomic mass is 19.1. The first-order chi connectivity index (χ1) is 9.81. The van der Waals surface area contributed by atoms with Gasteiger partial charge in [0.15, 0.2) is 0 Å². The van der Waals surface area contributed by atoms with Gasteiger partial charge >= 0.3 is 6.09 Å². The summed E-state index contributed by atoms with van der Waals surface area (Å²) in [5.74, 6) is -1.43. The molecular weight excluding hydrogens is 284 g/mol. The molecule has 2 atom stereocenters. The Labute approximate surface area is 121 Å². The van der Waals surface area contributed by atoms with Crippen LogP contribution in [-0.4, -0.2) is 46.6 Å². The van der Waals surface area contributed by atoms with Crippen molar-refractivity contribution in [3.05, 3.63) is 35.4 Å². The topological polar surface area (TPSA) is 98.8 Å². The molecule has 0 radical (unpaired) electrons. The van der Waals surface area contributed by atoms with E-state index in [0.29, 0.717) is 12.1 Å². The van der Waals surface area contributed by atoms with Gasteiger partial charge in [-0.2, -0.15) is 0 Å². The molecule has 0 aromatic heterocycles. The number of benzene rings is 1. The lowest BCUT2D eigenvalue weighted by atomic mass is 10.0. The molecule has 1 aromatic rings. The van der Waals surface area contributed by atoms with Gasteiger partial charge in [-0.3, -0.25) is 5.43 Å². The molecule has 0 saturated heterocycles. The highest BCUT2D eigenvalue weighted by molar-refractivity contribution is 5.63.